The van der Waals surface area contributed by atoms with Gasteiger partial charge in [0.05, 0.1) is 30.9 Å². The summed E-state index contributed by atoms with van der Waals surface area (Å²) < 4.78 is 17.5. The number of nitrogens with one attached hydrogen (secondary N) is 1. The highest BCUT2D eigenvalue weighted by molar-refractivity contribution is 5.80. The van der Waals surface area contributed by atoms with Crippen molar-refractivity contribution in [2.24, 2.45) is 0 Å². The van der Waals surface area contributed by atoms with Crippen LogP contribution in [0.3, 0.4) is 0 Å². The Bertz CT molecular complexity index is 1470. The van der Waals surface area contributed by atoms with Crippen LogP contribution in [-0.2, 0) is 35.1 Å². The van der Waals surface area contributed by atoms with Gasteiger partial charge in [0.25, 0.3) is 6.04 Å². The fourth-order valence-corrected chi connectivity index (χ4v) is 5.26. The number of ether oxygens (including phenoxy) is 3. The molecular formula is C29H35N2O15+. The van der Waals surface area contributed by atoms with Gasteiger partial charge in [-0.1, -0.05) is 0 Å². The molecule has 3 heterocycles. The summed E-state index contributed by atoms with van der Waals surface area (Å²) in [4.78, 5) is 46.4. The number of rotatable bonds is 11. The molecule has 1 unspecified atom stereocenters. The molecule has 1 saturated heterocycles. The molecule has 4 rings (SSSR count). The van der Waals surface area contributed by atoms with Crippen LogP contribution in [0.5, 0.6) is 11.5 Å². The second kappa shape index (κ2) is 13.8. The molecule has 46 heavy (non-hydrogen) atoms. The van der Waals surface area contributed by atoms with Gasteiger partial charge in [0.1, 0.15) is 37.1 Å². The molecule has 0 spiro atoms. The largest absolute Gasteiger partial charge is 0.504 e. The van der Waals surface area contributed by atoms with Crippen molar-refractivity contribution in [1.82, 2.24) is 5.32 Å². The van der Waals surface area contributed by atoms with Crippen molar-refractivity contribution in [2.75, 3.05) is 6.61 Å². The molecule has 0 aliphatic carbocycles. The number of nitrogens with zero attached hydrogens (tertiary/aromatic N) is 1. The average Bonchev–Trinajstić information content (AvgIpc) is 3.32. The van der Waals surface area contributed by atoms with Crippen molar-refractivity contribution in [3.8, 4) is 11.5 Å². The summed E-state index contributed by atoms with van der Waals surface area (Å²) in [6, 6.07) is 0.605. The lowest BCUT2D eigenvalue weighted by atomic mass is 9.98. The number of aliphatic carboxylic acids is 3. The first-order chi connectivity index (χ1) is 21.6. The normalized spacial score (nSPS) is 30.2. The quantitative estimate of drug-likeness (QED) is 0.0957. The number of allylic oxidation sites excluding steroid dienone is 2. The molecular weight excluding hydrogens is 616 g/mol. The topological polar surface area (TPSA) is 273 Å². The smallest absolute Gasteiger partial charge is 0.373 e. The van der Waals surface area contributed by atoms with E-state index >= 15 is 0 Å². The third kappa shape index (κ3) is 7.99. The van der Waals surface area contributed by atoms with Crippen LogP contribution in [-0.4, -0.2) is 131 Å². The number of aliphatic hydroxyl groups excluding tert-OH is 3. The average molecular weight is 652 g/mol. The van der Waals surface area contributed by atoms with Gasteiger partial charge in [-0.25, -0.2) is 9.59 Å². The molecule has 9 N–H and O–H groups in total. The molecule has 1 aromatic rings. The third-order valence-corrected chi connectivity index (χ3v) is 7.63. The van der Waals surface area contributed by atoms with Crippen molar-refractivity contribution in [1.29, 1.82) is 0 Å². The standard InChI is InChI=1S/C29H34N2O15/c1-29(43,10-21(33)34)11-22(35)44-12-20-23(36)24(37)25(38)28(46-20)45-19-8-14-7-17(27(41)42)31(16(14)9-18(19)32)5-3-13-2-4-30-15(6-13)26(39)40/h2-5,8-9,15,17,20,23-25,28,36-38,43H,6-7,10-12H2,1H3,(H4,32,33,34,39,40,41,42)/p+1/t15-,17-,20+,23+,24-,25+,28+,29?/m0/s1. The van der Waals surface area contributed by atoms with E-state index in [-0.39, 0.29) is 18.6 Å². The maximum absolute atomic E-state index is 12.2. The number of fused-ring (bicyclic) bond motifs is 1. The van der Waals surface area contributed by atoms with Crippen molar-refractivity contribution < 1.29 is 78.8 Å². The zero-order valence-electron chi connectivity index (χ0n) is 24.4. The number of aliphatic hydroxyl groups is 4. The highest BCUT2D eigenvalue weighted by atomic mass is 16.7. The minimum atomic E-state index is -1.92. The van der Waals surface area contributed by atoms with E-state index in [0.29, 0.717) is 16.8 Å². The van der Waals surface area contributed by atoms with Gasteiger partial charge in [-0.15, -0.1) is 0 Å². The van der Waals surface area contributed by atoms with Crippen LogP contribution in [0.1, 0.15) is 31.7 Å². The molecule has 250 valence electrons. The predicted octanol–water partition coefficient (Wildman–Crippen LogP) is -1.65. The van der Waals surface area contributed by atoms with E-state index in [1.165, 1.54) is 29.1 Å². The summed E-state index contributed by atoms with van der Waals surface area (Å²) in [6.45, 7) is 0.443. The minimum Gasteiger partial charge on any atom is -0.504 e. The number of carbonyl (C=O) groups is 4. The number of phenols is 1. The van der Waals surface area contributed by atoms with Gasteiger partial charge < -0.3 is 60.4 Å². The number of aromatic hydroxyl groups is 1. The number of hydrogen-bond acceptors (Lipinski definition) is 13. The molecule has 3 aliphatic heterocycles. The molecule has 0 bridgehead atoms. The summed E-state index contributed by atoms with van der Waals surface area (Å²) in [7, 11) is 0. The Balaban J connectivity index is 1.50. The van der Waals surface area contributed by atoms with Crippen molar-refractivity contribution in [3.63, 3.8) is 0 Å². The molecule has 1 aromatic carbocycles. The maximum Gasteiger partial charge on any atom is 0.373 e. The Labute approximate surface area is 260 Å². The molecule has 0 saturated carbocycles. The number of carboxylic acids is 3. The Morgan fingerprint density at radius 1 is 1.04 bits per heavy atom. The number of carbonyl (C=O) groups excluding carboxylic acids is 1. The fraction of sp³-hybridized carbons (Fsp3) is 0.483. The van der Waals surface area contributed by atoms with E-state index in [9.17, 15) is 54.9 Å². The summed E-state index contributed by atoms with van der Waals surface area (Å²) in [5, 5.41) is 82.8. The second-order valence-corrected chi connectivity index (χ2v) is 11.5. The highest BCUT2D eigenvalue weighted by Gasteiger charge is 2.47. The lowest BCUT2D eigenvalue weighted by Crippen LogP contribution is -2.60. The minimum absolute atomic E-state index is 0.0320. The van der Waals surface area contributed by atoms with E-state index in [1.54, 1.807) is 12.2 Å². The van der Waals surface area contributed by atoms with E-state index < -0.39 is 97.5 Å². The third-order valence-electron chi connectivity index (χ3n) is 7.63. The number of esters is 1. The molecule has 8 atom stereocenters. The molecule has 1 fully saturated rings. The van der Waals surface area contributed by atoms with Gasteiger partial charge in [0, 0.05) is 18.1 Å². The first kappa shape index (κ1) is 34.3. The van der Waals surface area contributed by atoms with Crippen molar-refractivity contribution in [2.45, 2.75) is 81.0 Å². The zero-order valence-corrected chi connectivity index (χ0v) is 24.4. The summed E-state index contributed by atoms with van der Waals surface area (Å²) in [5.41, 5.74) is -0.572. The lowest BCUT2D eigenvalue weighted by molar-refractivity contribution is -0.456. The Kier molecular flexibility index (Phi) is 10.3. The molecule has 17 heteroatoms. The zero-order chi connectivity index (χ0) is 33.9. The van der Waals surface area contributed by atoms with Crippen LogP contribution < -0.4 is 10.1 Å². The molecule has 0 amide bonds. The highest BCUT2D eigenvalue weighted by Crippen LogP contribution is 2.40. The first-order valence-electron chi connectivity index (χ1n) is 14.1. The van der Waals surface area contributed by atoms with Gasteiger partial charge in [0.15, 0.2) is 17.7 Å². The Morgan fingerprint density at radius 3 is 2.41 bits per heavy atom. The second-order valence-electron chi connectivity index (χ2n) is 11.5. The number of hydrogen-bond donors (Lipinski definition) is 9. The summed E-state index contributed by atoms with van der Waals surface area (Å²) >= 11 is 0. The Morgan fingerprint density at radius 2 is 1.76 bits per heavy atom. The SMILES string of the molecule is CC(O)(CC(=O)O)CC(=O)OC[C@H]1O[C@@H](Oc2cc3c(cc2O)[N+](=CC=C2C=CN[C@H](C(=O)O)C2)[C@H](C(=O)O)C3)[C@H](O)[C@@H](O)[C@@H]1O. The molecule has 0 radical (unpaired) electrons. The fourth-order valence-electron chi connectivity index (χ4n) is 5.26. The maximum atomic E-state index is 12.2. The Hall–Kier alpha value is -4.55. The van der Waals surface area contributed by atoms with E-state index in [4.69, 9.17) is 19.3 Å². The monoisotopic (exact) mass is 651 g/mol. The van der Waals surface area contributed by atoms with E-state index in [2.05, 4.69) is 5.32 Å². The number of phenolic OH excluding ortho intramolecular Hbond substituents is 1. The van der Waals surface area contributed by atoms with Gasteiger partial charge in [0.2, 0.25) is 12.0 Å². The molecule has 17 nitrogen and oxygen atoms in total. The lowest BCUT2D eigenvalue weighted by Gasteiger charge is -2.40. The molecule has 3 aliphatic rings. The first-order valence-corrected chi connectivity index (χ1v) is 14.1. The van der Waals surface area contributed by atoms with Gasteiger partial charge in [-0.2, -0.15) is 4.58 Å². The summed E-state index contributed by atoms with van der Waals surface area (Å²) in [5.74, 6) is -5.36. The van der Waals surface area contributed by atoms with Crippen LogP contribution in [0.15, 0.2) is 36.1 Å². The molecule has 0 aromatic heterocycles. The van der Waals surface area contributed by atoms with Crippen LogP contribution in [0.25, 0.3) is 0 Å². The van der Waals surface area contributed by atoms with Crippen molar-refractivity contribution >= 4 is 35.8 Å². The van der Waals surface area contributed by atoms with E-state index in [0.717, 1.165) is 6.92 Å². The van der Waals surface area contributed by atoms with Gasteiger partial charge in [-0.05, 0) is 30.8 Å². The van der Waals surface area contributed by atoms with Crippen molar-refractivity contribution in [3.05, 3.63) is 41.6 Å². The van der Waals surface area contributed by atoms with E-state index in [1.807, 2.05) is 0 Å². The number of benzene rings is 1. The van der Waals surface area contributed by atoms with Gasteiger partial charge >= 0.3 is 23.9 Å². The van der Waals surface area contributed by atoms with Crippen LogP contribution in [0.2, 0.25) is 0 Å². The number of carboxylic acid groups (broad SMARTS) is 3. The van der Waals surface area contributed by atoms with Crippen LogP contribution >= 0.6 is 0 Å². The summed E-state index contributed by atoms with van der Waals surface area (Å²) in [6.07, 6.45) is -3.78. The predicted molar refractivity (Wildman–Crippen MR) is 151 cm³/mol. The van der Waals surface area contributed by atoms with Gasteiger partial charge in [-0.3, -0.25) is 9.59 Å². The van der Waals surface area contributed by atoms with Crippen LogP contribution in [0.4, 0.5) is 5.69 Å². The van der Waals surface area contributed by atoms with Crippen LogP contribution in [0, 0.1) is 0 Å².